The average Bonchev–Trinajstić information content (AvgIpc) is 2.65. The lowest BCUT2D eigenvalue weighted by Gasteiger charge is -2.13. The van der Waals surface area contributed by atoms with Crippen LogP contribution in [0.25, 0.3) is 0 Å². The van der Waals surface area contributed by atoms with E-state index in [1.807, 2.05) is 32.0 Å². The van der Waals surface area contributed by atoms with Gasteiger partial charge in [0.15, 0.2) is 11.7 Å². The number of benzene rings is 2. The van der Waals surface area contributed by atoms with E-state index in [1.54, 1.807) is 24.3 Å². The van der Waals surface area contributed by atoms with E-state index in [9.17, 15) is 9.59 Å². The molecule has 0 aliphatic rings. The van der Waals surface area contributed by atoms with Gasteiger partial charge >= 0.3 is 0 Å². The number of carbonyl (C=O) groups excluding carboxylic acids is 2. The molecule has 0 spiro atoms. The molecular weight excluding hydrogens is 366 g/mol. The molecule has 7 nitrogen and oxygen atoms in total. The molecule has 2 aromatic carbocycles. The van der Waals surface area contributed by atoms with Crippen molar-refractivity contribution >= 4 is 29.1 Å². The first-order valence-electron chi connectivity index (χ1n) is 8.14. The van der Waals surface area contributed by atoms with Gasteiger partial charge in [-0.05, 0) is 49.8 Å². The second-order valence-corrected chi connectivity index (χ2v) is 6.12. The van der Waals surface area contributed by atoms with Crippen LogP contribution >= 0.6 is 12.2 Å². The second kappa shape index (κ2) is 9.54. The molecule has 0 aromatic heterocycles. The molecule has 0 unspecified atom stereocenters. The average molecular weight is 387 g/mol. The normalized spacial score (nSPS) is 9.89. The Balaban J connectivity index is 1.79. The summed E-state index contributed by atoms with van der Waals surface area (Å²) >= 11 is 5.00. The molecule has 0 saturated carbocycles. The topological polar surface area (TPSA) is 88.7 Å². The molecule has 0 aliphatic carbocycles. The van der Waals surface area contributed by atoms with Crippen molar-refractivity contribution in [2.75, 3.05) is 13.7 Å². The Bertz CT molecular complexity index is 855. The number of aryl methyl sites for hydroxylation is 2. The molecule has 0 aliphatic heterocycles. The van der Waals surface area contributed by atoms with Crippen LogP contribution in [0.1, 0.15) is 21.5 Å². The lowest BCUT2D eigenvalue weighted by atomic mass is 10.1. The molecule has 27 heavy (non-hydrogen) atoms. The van der Waals surface area contributed by atoms with Gasteiger partial charge in [-0.25, -0.2) is 0 Å². The standard InChI is InChI=1S/C19H21N3O4S/c1-12-8-9-15(13(2)10-12)26-11-17(23)21-22-19(27)20-18(24)14-6-4-5-7-16(14)25-3/h4-10H,11H2,1-3H3,(H,21,23)(H2,20,22,24,27). The van der Waals surface area contributed by atoms with E-state index >= 15 is 0 Å². The number of amides is 2. The zero-order chi connectivity index (χ0) is 19.8. The molecule has 0 fully saturated rings. The second-order valence-electron chi connectivity index (χ2n) is 5.71. The van der Waals surface area contributed by atoms with Crippen LogP contribution in [0.4, 0.5) is 0 Å². The van der Waals surface area contributed by atoms with Crippen molar-refractivity contribution < 1.29 is 19.1 Å². The van der Waals surface area contributed by atoms with Gasteiger partial charge < -0.3 is 9.47 Å². The van der Waals surface area contributed by atoms with Crippen molar-refractivity contribution in [3.05, 3.63) is 59.2 Å². The fourth-order valence-electron chi connectivity index (χ4n) is 2.30. The highest BCUT2D eigenvalue weighted by atomic mass is 32.1. The van der Waals surface area contributed by atoms with E-state index in [1.165, 1.54) is 7.11 Å². The first-order valence-corrected chi connectivity index (χ1v) is 8.54. The zero-order valence-corrected chi connectivity index (χ0v) is 16.1. The number of ether oxygens (including phenoxy) is 2. The number of hydrogen-bond donors (Lipinski definition) is 3. The lowest BCUT2D eigenvalue weighted by Crippen LogP contribution is -2.49. The Morgan fingerprint density at radius 3 is 2.48 bits per heavy atom. The fourth-order valence-corrected chi connectivity index (χ4v) is 2.44. The molecule has 0 heterocycles. The van der Waals surface area contributed by atoms with Gasteiger partial charge in [-0.15, -0.1) is 0 Å². The van der Waals surface area contributed by atoms with Crippen LogP contribution in [-0.2, 0) is 4.79 Å². The predicted octanol–water partition coefficient (Wildman–Crippen LogP) is 2.03. The molecule has 0 atom stereocenters. The summed E-state index contributed by atoms with van der Waals surface area (Å²) in [6.45, 7) is 3.69. The smallest absolute Gasteiger partial charge is 0.276 e. The highest BCUT2D eigenvalue weighted by Gasteiger charge is 2.13. The van der Waals surface area contributed by atoms with Gasteiger partial charge in [0.1, 0.15) is 11.5 Å². The number of carbonyl (C=O) groups is 2. The number of hydrazine groups is 1. The molecule has 2 aromatic rings. The minimum atomic E-state index is -0.453. The summed E-state index contributed by atoms with van der Waals surface area (Å²) in [5, 5.41) is 2.41. The molecule has 2 rings (SSSR count). The number of thiocarbonyl (C=S) groups is 1. The minimum Gasteiger partial charge on any atom is -0.496 e. The van der Waals surface area contributed by atoms with Crippen molar-refractivity contribution in [2.24, 2.45) is 0 Å². The molecule has 0 radical (unpaired) electrons. The number of rotatable bonds is 5. The van der Waals surface area contributed by atoms with Crippen molar-refractivity contribution in [2.45, 2.75) is 13.8 Å². The summed E-state index contributed by atoms with van der Waals surface area (Å²) in [5.74, 6) is 0.154. The SMILES string of the molecule is COc1ccccc1C(=O)NC(=S)NNC(=O)COc1ccc(C)cc1C. The van der Waals surface area contributed by atoms with Crippen molar-refractivity contribution in [1.82, 2.24) is 16.2 Å². The van der Waals surface area contributed by atoms with Crippen molar-refractivity contribution in [3.63, 3.8) is 0 Å². The minimum absolute atomic E-state index is 0.0502. The van der Waals surface area contributed by atoms with Crippen LogP contribution < -0.4 is 25.6 Å². The highest BCUT2D eigenvalue weighted by Crippen LogP contribution is 2.18. The van der Waals surface area contributed by atoms with Crippen LogP contribution in [0.15, 0.2) is 42.5 Å². The molecule has 8 heteroatoms. The van der Waals surface area contributed by atoms with E-state index < -0.39 is 11.8 Å². The maximum Gasteiger partial charge on any atom is 0.276 e. The third-order valence-electron chi connectivity index (χ3n) is 3.58. The van der Waals surface area contributed by atoms with Crippen LogP contribution in [0, 0.1) is 13.8 Å². The van der Waals surface area contributed by atoms with Crippen LogP contribution in [0.2, 0.25) is 0 Å². The number of methoxy groups -OCH3 is 1. The lowest BCUT2D eigenvalue weighted by molar-refractivity contribution is -0.123. The number of nitrogens with one attached hydrogen (secondary N) is 3. The number of para-hydroxylation sites is 1. The first-order chi connectivity index (χ1) is 12.9. The quantitative estimate of drug-likeness (QED) is 0.537. The molecular formula is C19H21N3O4S. The first kappa shape index (κ1) is 20.2. The van der Waals surface area contributed by atoms with E-state index in [2.05, 4.69) is 16.2 Å². The molecule has 2 amide bonds. The third kappa shape index (κ3) is 5.96. The van der Waals surface area contributed by atoms with Gasteiger partial charge in [-0.2, -0.15) is 0 Å². The number of hydrogen-bond acceptors (Lipinski definition) is 5. The third-order valence-corrected chi connectivity index (χ3v) is 3.79. The molecule has 0 bridgehead atoms. The Hall–Kier alpha value is -3.13. The van der Waals surface area contributed by atoms with Crippen LogP contribution in [0.5, 0.6) is 11.5 Å². The zero-order valence-electron chi connectivity index (χ0n) is 15.3. The maximum atomic E-state index is 12.2. The molecule has 0 saturated heterocycles. The highest BCUT2D eigenvalue weighted by molar-refractivity contribution is 7.80. The van der Waals surface area contributed by atoms with Gasteiger partial charge in [0.25, 0.3) is 11.8 Å². The van der Waals surface area contributed by atoms with Gasteiger partial charge in [-0.1, -0.05) is 29.8 Å². The van der Waals surface area contributed by atoms with E-state index in [0.717, 1.165) is 11.1 Å². The van der Waals surface area contributed by atoms with E-state index in [0.29, 0.717) is 17.1 Å². The maximum absolute atomic E-state index is 12.2. The Morgan fingerprint density at radius 2 is 1.78 bits per heavy atom. The predicted molar refractivity (Wildman–Crippen MR) is 106 cm³/mol. The van der Waals surface area contributed by atoms with E-state index in [4.69, 9.17) is 21.7 Å². The summed E-state index contributed by atoms with van der Waals surface area (Å²) in [4.78, 5) is 24.1. The Kier molecular flexibility index (Phi) is 7.13. The van der Waals surface area contributed by atoms with Crippen molar-refractivity contribution in [1.29, 1.82) is 0 Å². The molecule has 3 N–H and O–H groups in total. The van der Waals surface area contributed by atoms with E-state index in [-0.39, 0.29) is 11.7 Å². The van der Waals surface area contributed by atoms with Gasteiger partial charge in [0.05, 0.1) is 12.7 Å². The van der Waals surface area contributed by atoms with Crippen LogP contribution in [-0.4, -0.2) is 30.6 Å². The fraction of sp³-hybridized carbons (Fsp3) is 0.211. The monoisotopic (exact) mass is 387 g/mol. The summed E-state index contributed by atoms with van der Waals surface area (Å²) in [6.07, 6.45) is 0. The van der Waals surface area contributed by atoms with Gasteiger partial charge in [0.2, 0.25) is 0 Å². The van der Waals surface area contributed by atoms with Crippen LogP contribution in [0.3, 0.4) is 0 Å². The summed E-state index contributed by atoms with van der Waals surface area (Å²) < 4.78 is 10.6. The molecule has 142 valence electrons. The Labute approximate surface area is 163 Å². The summed E-state index contributed by atoms with van der Waals surface area (Å²) in [7, 11) is 1.47. The van der Waals surface area contributed by atoms with Gasteiger partial charge in [0, 0.05) is 0 Å². The van der Waals surface area contributed by atoms with Gasteiger partial charge in [-0.3, -0.25) is 25.8 Å². The summed E-state index contributed by atoms with van der Waals surface area (Å²) in [5.41, 5.74) is 7.21. The largest absolute Gasteiger partial charge is 0.496 e. The Morgan fingerprint density at radius 1 is 1.04 bits per heavy atom. The van der Waals surface area contributed by atoms with Crippen molar-refractivity contribution in [3.8, 4) is 11.5 Å². The summed E-state index contributed by atoms with van der Waals surface area (Å²) in [6, 6.07) is 12.4.